The van der Waals surface area contributed by atoms with Gasteiger partial charge < -0.3 is 9.79 Å². The van der Waals surface area contributed by atoms with E-state index in [0.717, 1.165) is 12.1 Å². The standard InChI is InChI=1S/C10H9O6PS/c11-17(12,13)8-5-1-3-7-4-2-6-9(10(7)8)18(14,15)16/h1-6H,(H2,11,12,13)(H,14,15,16). The van der Waals surface area contributed by atoms with Crippen molar-refractivity contribution in [1.82, 2.24) is 0 Å². The molecule has 6 nitrogen and oxygen atoms in total. The molecule has 0 saturated heterocycles. The van der Waals surface area contributed by atoms with E-state index >= 15 is 0 Å². The Morgan fingerprint density at radius 2 is 1.56 bits per heavy atom. The summed E-state index contributed by atoms with van der Waals surface area (Å²) in [6, 6.07) is 8.03. The van der Waals surface area contributed by atoms with Crippen LogP contribution in [0.25, 0.3) is 10.8 Å². The quantitative estimate of drug-likeness (QED) is 0.559. The minimum atomic E-state index is -4.64. The molecule has 0 amide bonds. The van der Waals surface area contributed by atoms with Gasteiger partial charge in [0.05, 0.1) is 5.30 Å². The molecule has 18 heavy (non-hydrogen) atoms. The zero-order valence-corrected chi connectivity index (χ0v) is 10.6. The van der Waals surface area contributed by atoms with Crippen molar-refractivity contribution in [3.8, 4) is 0 Å². The average Bonchev–Trinajstić information content (AvgIpc) is 2.24. The van der Waals surface area contributed by atoms with Gasteiger partial charge in [-0.3, -0.25) is 9.12 Å². The normalized spacial score (nSPS) is 12.8. The lowest BCUT2D eigenvalue weighted by Crippen LogP contribution is -2.10. The maximum absolute atomic E-state index is 11.3. The van der Waals surface area contributed by atoms with Crippen molar-refractivity contribution in [3.63, 3.8) is 0 Å². The van der Waals surface area contributed by atoms with Crippen molar-refractivity contribution in [2.75, 3.05) is 0 Å². The van der Waals surface area contributed by atoms with Crippen molar-refractivity contribution < 1.29 is 27.3 Å². The molecule has 0 bridgehead atoms. The van der Waals surface area contributed by atoms with Gasteiger partial charge in [0.2, 0.25) is 0 Å². The third-order valence-electron chi connectivity index (χ3n) is 2.44. The molecule has 0 aromatic heterocycles. The van der Waals surface area contributed by atoms with Crippen molar-refractivity contribution >= 4 is 33.8 Å². The third kappa shape index (κ3) is 2.31. The van der Waals surface area contributed by atoms with Crippen LogP contribution < -0.4 is 5.30 Å². The van der Waals surface area contributed by atoms with Gasteiger partial charge in [0.25, 0.3) is 10.1 Å². The number of hydrogen-bond donors (Lipinski definition) is 3. The molecule has 0 heterocycles. The lowest BCUT2D eigenvalue weighted by molar-refractivity contribution is 0.387. The fourth-order valence-corrected chi connectivity index (χ4v) is 3.38. The molecule has 0 saturated carbocycles. The van der Waals surface area contributed by atoms with Gasteiger partial charge in [0.15, 0.2) is 0 Å². The summed E-state index contributed by atoms with van der Waals surface area (Å²) in [6.45, 7) is 0. The van der Waals surface area contributed by atoms with Gasteiger partial charge in [-0.2, -0.15) is 8.42 Å². The van der Waals surface area contributed by atoms with Crippen molar-refractivity contribution in [1.29, 1.82) is 0 Å². The summed E-state index contributed by atoms with van der Waals surface area (Å²) in [5.74, 6) is 0. The minimum absolute atomic E-state index is 0.157. The first-order chi connectivity index (χ1) is 8.21. The Hall–Kier alpha value is -1.24. The smallest absolute Gasteiger partial charge is 0.321 e. The van der Waals surface area contributed by atoms with E-state index in [4.69, 9.17) is 4.55 Å². The summed E-state index contributed by atoms with van der Waals surface area (Å²) in [4.78, 5) is 17.9. The molecule has 2 rings (SSSR count). The molecule has 0 unspecified atom stereocenters. The Balaban J connectivity index is 3.04. The lowest BCUT2D eigenvalue weighted by Gasteiger charge is -2.10. The molecule has 0 radical (unpaired) electrons. The molecule has 0 spiro atoms. The summed E-state index contributed by atoms with van der Waals surface area (Å²) in [5.41, 5.74) is 0. The van der Waals surface area contributed by atoms with Gasteiger partial charge in [-0.15, -0.1) is 0 Å². The molecular formula is C10H9O6PS. The van der Waals surface area contributed by atoms with Crippen LogP contribution in [0.1, 0.15) is 0 Å². The third-order valence-corrected chi connectivity index (χ3v) is 4.33. The monoisotopic (exact) mass is 288 g/mol. The maximum atomic E-state index is 11.3. The van der Waals surface area contributed by atoms with E-state index in [2.05, 4.69) is 0 Å². The van der Waals surface area contributed by atoms with Gasteiger partial charge in [0, 0.05) is 5.39 Å². The number of rotatable bonds is 2. The summed E-state index contributed by atoms with van der Waals surface area (Å²) >= 11 is 0. The molecule has 0 aliphatic heterocycles. The van der Waals surface area contributed by atoms with E-state index in [1.807, 2.05) is 0 Å². The molecular weight excluding hydrogens is 279 g/mol. The summed E-state index contributed by atoms with van der Waals surface area (Å²) in [5, 5.41) is -0.255. The molecule has 3 N–H and O–H groups in total. The molecule has 96 valence electrons. The van der Waals surface area contributed by atoms with Crippen LogP contribution in [-0.4, -0.2) is 22.8 Å². The zero-order chi connectivity index (χ0) is 13.6. The van der Waals surface area contributed by atoms with Crippen molar-refractivity contribution in [2.45, 2.75) is 4.90 Å². The first-order valence-electron chi connectivity index (χ1n) is 4.76. The number of fused-ring (bicyclic) bond motifs is 1. The highest BCUT2D eigenvalue weighted by Crippen LogP contribution is 2.38. The van der Waals surface area contributed by atoms with Gasteiger partial charge in [-0.1, -0.05) is 24.3 Å². The van der Waals surface area contributed by atoms with Crippen LogP contribution in [0.2, 0.25) is 0 Å². The number of benzene rings is 2. The Kier molecular flexibility index (Phi) is 3.04. The van der Waals surface area contributed by atoms with E-state index in [1.165, 1.54) is 24.3 Å². The topological polar surface area (TPSA) is 112 Å². The molecule has 0 fully saturated rings. The van der Waals surface area contributed by atoms with E-state index < -0.39 is 27.9 Å². The highest BCUT2D eigenvalue weighted by molar-refractivity contribution is 7.86. The molecule has 8 heteroatoms. The fraction of sp³-hybridized carbons (Fsp3) is 0. The largest absolute Gasteiger partial charge is 0.356 e. The van der Waals surface area contributed by atoms with Crippen LogP contribution in [0.15, 0.2) is 41.3 Å². The predicted octanol–water partition coefficient (Wildman–Crippen LogP) is 0.889. The first kappa shape index (κ1) is 13.2. The lowest BCUT2D eigenvalue weighted by atomic mass is 10.1. The van der Waals surface area contributed by atoms with Gasteiger partial charge in [0.1, 0.15) is 4.90 Å². The molecule has 2 aromatic rings. The van der Waals surface area contributed by atoms with E-state index in [0.29, 0.717) is 5.39 Å². The second kappa shape index (κ2) is 4.15. The Morgan fingerprint density at radius 1 is 1.00 bits per heavy atom. The first-order valence-corrected chi connectivity index (χ1v) is 7.82. The highest BCUT2D eigenvalue weighted by atomic mass is 32.2. The second-order valence-corrected chi connectivity index (χ2v) is 6.61. The van der Waals surface area contributed by atoms with Gasteiger partial charge in [-0.25, -0.2) is 0 Å². The summed E-state index contributed by atoms with van der Waals surface area (Å²) < 4.78 is 42.9. The van der Waals surface area contributed by atoms with Crippen LogP contribution in [0.5, 0.6) is 0 Å². The Bertz CT molecular complexity index is 756. The molecule has 0 atom stereocenters. The highest BCUT2D eigenvalue weighted by Gasteiger charge is 2.25. The molecule has 0 aliphatic carbocycles. The van der Waals surface area contributed by atoms with Crippen molar-refractivity contribution in [3.05, 3.63) is 36.4 Å². The number of hydrogen-bond acceptors (Lipinski definition) is 3. The van der Waals surface area contributed by atoms with Crippen LogP contribution in [-0.2, 0) is 14.7 Å². The Labute approximate surface area is 103 Å². The maximum Gasteiger partial charge on any atom is 0.356 e. The molecule has 0 aliphatic rings. The van der Waals surface area contributed by atoms with E-state index in [-0.39, 0.29) is 5.39 Å². The van der Waals surface area contributed by atoms with Gasteiger partial charge >= 0.3 is 7.60 Å². The van der Waals surface area contributed by atoms with E-state index in [9.17, 15) is 22.8 Å². The Morgan fingerprint density at radius 3 is 2.06 bits per heavy atom. The SMILES string of the molecule is O=P(O)(O)c1cccc2cccc(S(=O)(=O)O)c12. The summed E-state index contributed by atoms with van der Waals surface area (Å²) in [7, 11) is -9.19. The van der Waals surface area contributed by atoms with E-state index in [1.54, 1.807) is 0 Å². The molecule has 2 aromatic carbocycles. The second-order valence-electron chi connectivity index (χ2n) is 3.65. The van der Waals surface area contributed by atoms with Crippen molar-refractivity contribution in [2.24, 2.45) is 0 Å². The van der Waals surface area contributed by atoms with Crippen LogP contribution in [0, 0.1) is 0 Å². The average molecular weight is 288 g/mol. The predicted molar refractivity (Wildman–Crippen MR) is 65.4 cm³/mol. The van der Waals surface area contributed by atoms with Crippen LogP contribution >= 0.6 is 7.60 Å². The minimum Gasteiger partial charge on any atom is -0.321 e. The van der Waals surface area contributed by atoms with Crippen LogP contribution in [0.4, 0.5) is 0 Å². The van der Waals surface area contributed by atoms with Gasteiger partial charge in [-0.05, 0) is 17.5 Å². The fourth-order valence-electron chi connectivity index (χ4n) is 1.75. The van der Waals surface area contributed by atoms with Crippen LogP contribution in [0.3, 0.4) is 0 Å². The zero-order valence-electron chi connectivity index (χ0n) is 8.89. The summed E-state index contributed by atoms with van der Waals surface area (Å²) in [6.07, 6.45) is 0.